The summed E-state index contributed by atoms with van der Waals surface area (Å²) in [4.78, 5) is 12.5. The van der Waals surface area contributed by atoms with Crippen LogP contribution in [-0.4, -0.2) is 65.5 Å². The van der Waals surface area contributed by atoms with Crippen molar-refractivity contribution in [2.24, 2.45) is 0 Å². The monoisotopic (exact) mass is 718 g/mol. The van der Waals surface area contributed by atoms with E-state index >= 15 is 0 Å². The fourth-order valence-electron chi connectivity index (χ4n) is 5.82. The van der Waals surface area contributed by atoms with Gasteiger partial charge in [0.15, 0.2) is 11.5 Å². The van der Waals surface area contributed by atoms with Crippen LogP contribution in [0.3, 0.4) is 0 Å². The van der Waals surface area contributed by atoms with Gasteiger partial charge in [0.1, 0.15) is 11.9 Å². The summed E-state index contributed by atoms with van der Waals surface area (Å²) in [6.45, 7) is 4.02. The van der Waals surface area contributed by atoms with Gasteiger partial charge in [-0.05, 0) is 12.0 Å². The highest BCUT2D eigenvalue weighted by atomic mass is 31.2. The second-order valence-electron chi connectivity index (χ2n) is 13.0. The number of nitrogen functional groups attached to an aromatic ring is 2. The summed E-state index contributed by atoms with van der Waals surface area (Å²) in [6, 6.07) is 9.54. The summed E-state index contributed by atoms with van der Waals surface area (Å²) >= 11 is 0. The standard InChI is InChI=1S/C37H63N6O6P/c1-3-4-5-6-7-8-9-10-11-12-13-14-15-16-17-21-24-46-25-26-48-50(44,49-28-32-22-19-18-20-23-32)31-47-33(29-45-2)27-43-30-40-34-35(38)41-37(39)42-36(34)43/h18-20,22-23,30,33H,3-17,21,24-29,31H2,1-2H3,(H4,38,39,41,42)/t33-,50?/m0/s1. The average Bonchev–Trinajstić information content (AvgIpc) is 3.52. The molecule has 13 heteroatoms. The van der Waals surface area contributed by atoms with E-state index in [0.717, 1.165) is 18.4 Å². The summed E-state index contributed by atoms with van der Waals surface area (Å²) in [7, 11) is -2.09. The second kappa shape index (κ2) is 25.4. The van der Waals surface area contributed by atoms with Gasteiger partial charge in [-0.2, -0.15) is 9.97 Å². The van der Waals surface area contributed by atoms with Crippen LogP contribution in [0.5, 0.6) is 0 Å². The van der Waals surface area contributed by atoms with Gasteiger partial charge in [0.25, 0.3) is 0 Å². The Kier molecular flexibility index (Phi) is 21.2. The Balaban J connectivity index is 1.32. The Morgan fingerprint density at radius 3 is 2.02 bits per heavy atom. The Morgan fingerprint density at radius 1 is 0.780 bits per heavy atom. The number of nitrogens with two attached hydrogens (primary N) is 2. The lowest BCUT2D eigenvalue weighted by molar-refractivity contribution is -0.00144. The number of unbranched alkanes of at least 4 members (excludes halogenated alkanes) is 15. The number of aromatic nitrogens is 4. The molecular formula is C37H63N6O6P. The molecule has 4 N–H and O–H groups in total. The molecule has 2 heterocycles. The van der Waals surface area contributed by atoms with Gasteiger partial charge in [-0.1, -0.05) is 134 Å². The molecule has 2 aromatic heterocycles. The molecule has 1 unspecified atom stereocenters. The first-order valence-electron chi connectivity index (χ1n) is 18.8. The van der Waals surface area contributed by atoms with Crippen LogP contribution in [0, 0.1) is 0 Å². The van der Waals surface area contributed by atoms with Crippen LogP contribution in [0.25, 0.3) is 11.2 Å². The van der Waals surface area contributed by atoms with Crippen molar-refractivity contribution in [2.45, 2.75) is 129 Å². The number of anilines is 2. The van der Waals surface area contributed by atoms with Crippen LogP contribution in [0.4, 0.5) is 11.8 Å². The summed E-state index contributed by atoms with van der Waals surface area (Å²) in [5, 5.41) is 0. The third-order valence-electron chi connectivity index (χ3n) is 8.66. The summed E-state index contributed by atoms with van der Waals surface area (Å²) in [5.41, 5.74) is 13.6. The first kappa shape index (κ1) is 41.8. The minimum Gasteiger partial charge on any atom is -0.382 e. The van der Waals surface area contributed by atoms with E-state index in [4.69, 9.17) is 34.7 Å². The third kappa shape index (κ3) is 17.1. The van der Waals surface area contributed by atoms with Crippen LogP contribution in [0.1, 0.15) is 115 Å². The molecule has 0 radical (unpaired) electrons. The van der Waals surface area contributed by atoms with E-state index in [0.29, 0.717) is 30.9 Å². The zero-order valence-corrected chi connectivity index (χ0v) is 31.5. The Bertz CT molecular complexity index is 1350. The van der Waals surface area contributed by atoms with E-state index in [1.165, 1.54) is 89.9 Å². The van der Waals surface area contributed by atoms with Gasteiger partial charge in [0, 0.05) is 13.7 Å². The SMILES string of the molecule is CCCCCCCCCCCCCCCCCCOCCOP(=O)(CO[C@H](COC)Cn1cnc2c(N)nc(N)nc21)OCc1ccccc1. The molecule has 0 bridgehead atoms. The number of rotatable bonds is 31. The highest BCUT2D eigenvalue weighted by Gasteiger charge is 2.28. The molecule has 3 aromatic rings. The lowest BCUT2D eigenvalue weighted by Crippen LogP contribution is -2.26. The minimum atomic E-state index is -3.66. The normalized spacial score (nSPS) is 13.6. The maximum Gasteiger partial charge on any atom is 0.356 e. The molecular weight excluding hydrogens is 655 g/mol. The van der Waals surface area contributed by atoms with Crippen molar-refractivity contribution >= 4 is 30.5 Å². The maximum atomic E-state index is 13.9. The van der Waals surface area contributed by atoms with E-state index in [1.54, 1.807) is 18.0 Å². The van der Waals surface area contributed by atoms with Crippen molar-refractivity contribution < 1.29 is 27.8 Å². The molecule has 3 rings (SSSR count). The lowest BCUT2D eigenvalue weighted by Gasteiger charge is -2.23. The van der Waals surface area contributed by atoms with Gasteiger partial charge in [0.2, 0.25) is 5.95 Å². The summed E-state index contributed by atoms with van der Waals surface area (Å²) in [5.74, 6) is 0.241. The number of hydrogen-bond acceptors (Lipinski definition) is 11. The van der Waals surface area contributed by atoms with Crippen LogP contribution < -0.4 is 11.5 Å². The molecule has 2 atom stereocenters. The molecule has 282 valence electrons. The van der Waals surface area contributed by atoms with Crippen molar-refractivity contribution in [1.29, 1.82) is 0 Å². The molecule has 0 saturated carbocycles. The van der Waals surface area contributed by atoms with Crippen LogP contribution in [0.15, 0.2) is 36.7 Å². The maximum absolute atomic E-state index is 13.9. The predicted octanol–water partition coefficient (Wildman–Crippen LogP) is 8.68. The summed E-state index contributed by atoms with van der Waals surface area (Å²) in [6.07, 6.45) is 22.1. The van der Waals surface area contributed by atoms with Gasteiger partial charge in [-0.25, -0.2) is 4.98 Å². The quantitative estimate of drug-likeness (QED) is 0.0484. The zero-order chi connectivity index (χ0) is 35.7. The molecule has 0 amide bonds. The highest BCUT2D eigenvalue weighted by Crippen LogP contribution is 2.49. The first-order chi connectivity index (χ1) is 24.4. The van der Waals surface area contributed by atoms with Crippen LogP contribution >= 0.6 is 7.60 Å². The van der Waals surface area contributed by atoms with E-state index in [2.05, 4.69) is 21.9 Å². The summed E-state index contributed by atoms with van der Waals surface area (Å²) < 4.78 is 44.5. The number of benzene rings is 1. The molecule has 1 aromatic carbocycles. The number of fused-ring (bicyclic) bond motifs is 1. The van der Waals surface area contributed by atoms with Gasteiger partial charge in [-0.3, -0.25) is 4.57 Å². The Morgan fingerprint density at radius 2 is 1.40 bits per heavy atom. The molecule has 0 aliphatic heterocycles. The fourth-order valence-corrected chi connectivity index (χ4v) is 7.14. The highest BCUT2D eigenvalue weighted by molar-refractivity contribution is 7.53. The van der Waals surface area contributed by atoms with Crippen LogP contribution in [-0.2, 0) is 41.0 Å². The molecule has 12 nitrogen and oxygen atoms in total. The predicted molar refractivity (Wildman–Crippen MR) is 201 cm³/mol. The van der Waals surface area contributed by atoms with Crippen molar-refractivity contribution in [3.63, 3.8) is 0 Å². The van der Waals surface area contributed by atoms with Crippen molar-refractivity contribution in [3.05, 3.63) is 42.2 Å². The topological polar surface area (TPSA) is 159 Å². The second-order valence-corrected chi connectivity index (χ2v) is 15.0. The first-order valence-corrected chi connectivity index (χ1v) is 20.5. The largest absolute Gasteiger partial charge is 0.382 e. The number of imidazole rings is 1. The van der Waals surface area contributed by atoms with Gasteiger partial charge in [0.05, 0.1) is 45.4 Å². The lowest BCUT2D eigenvalue weighted by atomic mass is 10.0. The molecule has 0 saturated heterocycles. The van der Waals surface area contributed by atoms with E-state index in [1.807, 2.05) is 30.3 Å². The average molecular weight is 719 g/mol. The molecule has 0 aliphatic carbocycles. The smallest absolute Gasteiger partial charge is 0.356 e. The number of hydrogen-bond donors (Lipinski definition) is 2. The van der Waals surface area contributed by atoms with Crippen molar-refractivity contribution in [1.82, 2.24) is 19.5 Å². The van der Waals surface area contributed by atoms with Crippen molar-refractivity contribution in [2.75, 3.05) is 51.4 Å². The number of nitrogens with zero attached hydrogens (tertiary/aromatic N) is 4. The zero-order valence-electron chi connectivity index (χ0n) is 30.6. The Hall–Kier alpha value is -2.60. The van der Waals surface area contributed by atoms with E-state index < -0.39 is 13.7 Å². The van der Waals surface area contributed by atoms with Gasteiger partial charge >= 0.3 is 7.60 Å². The third-order valence-corrected chi connectivity index (χ3v) is 10.2. The van der Waals surface area contributed by atoms with Gasteiger partial charge in [-0.15, -0.1) is 0 Å². The fraction of sp³-hybridized carbons (Fsp3) is 0.703. The number of ether oxygens (including phenoxy) is 3. The molecule has 0 aliphatic rings. The number of methoxy groups -OCH3 is 1. The van der Waals surface area contributed by atoms with E-state index in [-0.39, 0.29) is 37.9 Å². The Labute approximate surface area is 299 Å². The molecule has 0 spiro atoms. The molecule has 50 heavy (non-hydrogen) atoms. The van der Waals surface area contributed by atoms with E-state index in [9.17, 15) is 4.57 Å². The van der Waals surface area contributed by atoms with Gasteiger partial charge < -0.3 is 39.3 Å². The molecule has 0 fully saturated rings. The van der Waals surface area contributed by atoms with Crippen LogP contribution in [0.2, 0.25) is 0 Å². The van der Waals surface area contributed by atoms with Crippen molar-refractivity contribution in [3.8, 4) is 0 Å². The minimum absolute atomic E-state index is 0.0465.